The number of benzene rings is 1. The van der Waals surface area contributed by atoms with Gasteiger partial charge >= 0.3 is 0 Å². The van der Waals surface area contributed by atoms with Crippen LogP contribution in [-0.2, 0) is 0 Å². The maximum Gasteiger partial charge on any atom is 0.253 e. The first-order valence-electron chi connectivity index (χ1n) is 6.22. The van der Waals surface area contributed by atoms with Gasteiger partial charge in [-0.2, -0.15) is 11.8 Å². The normalized spacial score (nSPS) is 20.3. The Bertz CT molecular complexity index is 578. The predicted octanol–water partition coefficient (Wildman–Crippen LogP) is 2.75. The molecule has 1 N–H and O–H groups in total. The number of carbonyl (C=O) groups excluding carboxylic acids is 1. The number of fused-ring (bicyclic) bond motifs is 1. The fourth-order valence-corrected chi connectivity index (χ4v) is 3.39. The molecule has 1 saturated heterocycles. The monoisotopic (exact) mass is 260 g/mol. The minimum absolute atomic E-state index is 0.158. The Morgan fingerprint density at radius 3 is 3.17 bits per heavy atom. The number of aromatic amines is 1. The number of nitrogens with one attached hydrogen (secondary N) is 1. The summed E-state index contributed by atoms with van der Waals surface area (Å²) >= 11 is 1.94. The third kappa shape index (κ3) is 2.12. The molecule has 1 amide bonds. The van der Waals surface area contributed by atoms with E-state index in [0.717, 1.165) is 35.3 Å². The number of H-pyrrole nitrogens is 1. The minimum Gasteiger partial charge on any atom is -0.361 e. The number of amides is 1. The van der Waals surface area contributed by atoms with Crippen molar-refractivity contribution in [3.8, 4) is 0 Å². The minimum atomic E-state index is 0.158. The summed E-state index contributed by atoms with van der Waals surface area (Å²) in [5, 5.41) is 1.64. The van der Waals surface area contributed by atoms with E-state index in [4.69, 9.17) is 0 Å². The van der Waals surface area contributed by atoms with Crippen LogP contribution in [0.4, 0.5) is 0 Å². The van der Waals surface area contributed by atoms with Crippen LogP contribution < -0.4 is 0 Å². The molecular formula is C14H16N2OS. The largest absolute Gasteiger partial charge is 0.361 e. The van der Waals surface area contributed by atoms with Gasteiger partial charge in [-0.25, -0.2) is 0 Å². The molecule has 1 atom stereocenters. The fraction of sp³-hybridized carbons (Fsp3) is 0.357. The molecule has 1 aliphatic heterocycles. The fourth-order valence-electron chi connectivity index (χ4n) is 2.37. The molecule has 1 fully saturated rings. The predicted molar refractivity (Wildman–Crippen MR) is 76.1 cm³/mol. The molecule has 1 aliphatic rings. The van der Waals surface area contributed by atoms with Crippen molar-refractivity contribution in [2.75, 3.05) is 18.8 Å². The van der Waals surface area contributed by atoms with E-state index in [2.05, 4.69) is 11.9 Å². The van der Waals surface area contributed by atoms with Crippen molar-refractivity contribution in [1.82, 2.24) is 9.88 Å². The van der Waals surface area contributed by atoms with Crippen LogP contribution in [-0.4, -0.2) is 39.9 Å². The molecule has 1 aromatic carbocycles. The molecule has 0 radical (unpaired) electrons. The highest BCUT2D eigenvalue weighted by Gasteiger charge is 2.22. The molecule has 4 heteroatoms. The van der Waals surface area contributed by atoms with Gasteiger partial charge < -0.3 is 9.88 Å². The lowest BCUT2D eigenvalue weighted by Gasteiger charge is -2.30. The molecule has 0 bridgehead atoms. The Kier molecular flexibility index (Phi) is 3.04. The van der Waals surface area contributed by atoms with Gasteiger partial charge in [0.1, 0.15) is 0 Å². The Labute approximate surface area is 111 Å². The highest BCUT2D eigenvalue weighted by molar-refractivity contribution is 7.99. The second-order valence-electron chi connectivity index (χ2n) is 4.71. The highest BCUT2D eigenvalue weighted by atomic mass is 32.2. The summed E-state index contributed by atoms with van der Waals surface area (Å²) < 4.78 is 0. The number of rotatable bonds is 1. The Morgan fingerprint density at radius 1 is 1.44 bits per heavy atom. The van der Waals surface area contributed by atoms with Crippen molar-refractivity contribution in [3.63, 3.8) is 0 Å². The average molecular weight is 260 g/mol. The Balaban J connectivity index is 1.86. The first kappa shape index (κ1) is 11.7. The van der Waals surface area contributed by atoms with Gasteiger partial charge in [0.2, 0.25) is 0 Å². The molecule has 3 nitrogen and oxygen atoms in total. The quantitative estimate of drug-likeness (QED) is 0.856. The van der Waals surface area contributed by atoms with E-state index in [0.29, 0.717) is 5.25 Å². The van der Waals surface area contributed by atoms with Crippen molar-refractivity contribution >= 4 is 28.6 Å². The lowest BCUT2D eigenvalue weighted by molar-refractivity contribution is 0.0763. The van der Waals surface area contributed by atoms with Crippen molar-refractivity contribution in [1.29, 1.82) is 0 Å². The maximum atomic E-state index is 12.4. The van der Waals surface area contributed by atoms with Gasteiger partial charge in [0.15, 0.2) is 0 Å². The summed E-state index contributed by atoms with van der Waals surface area (Å²) in [6.45, 7) is 3.90. The molecular weight excluding hydrogens is 244 g/mol. The molecule has 94 valence electrons. The van der Waals surface area contributed by atoms with Crippen molar-refractivity contribution < 1.29 is 4.79 Å². The molecule has 1 unspecified atom stereocenters. The van der Waals surface area contributed by atoms with Crippen molar-refractivity contribution in [3.05, 3.63) is 36.0 Å². The zero-order chi connectivity index (χ0) is 12.5. The number of carbonyl (C=O) groups is 1. The highest BCUT2D eigenvalue weighted by Crippen LogP contribution is 2.21. The van der Waals surface area contributed by atoms with Gasteiger partial charge in [0, 0.05) is 46.8 Å². The number of nitrogens with zero attached hydrogens (tertiary/aromatic N) is 1. The van der Waals surface area contributed by atoms with Crippen LogP contribution in [0.5, 0.6) is 0 Å². The number of aromatic nitrogens is 1. The zero-order valence-electron chi connectivity index (χ0n) is 10.3. The lowest BCUT2D eigenvalue weighted by atomic mass is 10.1. The Hall–Kier alpha value is -1.42. The van der Waals surface area contributed by atoms with Gasteiger partial charge in [-0.05, 0) is 24.3 Å². The van der Waals surface area contributed by atoms with Crippen LogP contribution in [0, 0.1) is 0 Å². The Morgan fingerprint density at radius 2 is 2.33 bits per heavy atom. The average Bonchev–Trinajstić information content (AvgIpc) is 2.85. The van der Waals surface area contributed by atoms with Gasteiger partial charge in [-0.1, -0.05) is 6.92 Å². The van der Waals surface area contributed by atoms with Gasteiger partial charge in [0.05, 0.1) is 0 Å². The van der Waals surface area contributed by atoms with Crippen LogP contribution >= 0.6 is 11.8 Å². The van der Waals surface area contributed by atoms with Gasteiger partial charge in [-0.15, -0.1) is 0 Å². The zero-order valence-corrected chi connectivity index (χ0v) is 11.2. The van der Waals surface area contributed by atoms with Crippen LogP contribution in [0.2, 0.25) is 0 Å². The summed E-state index contributed by atoms with van der Waals surface area (Å²) in [6, 6.07) is 7.86. The first-order valence-corrected chi connectivity index (χ1v) is 7.27. The molecule has 0 aliphatic carbocycles. The standard InChI is InChI=1S/C14H16N2OS/c1-10-9-16(6-7-18-10)14(17)12-2-3-13-11(8-12)4-5-15-13/h2-5,8,10,15H,6-7,9H2,1H3. The second-order valence-corrected chi connectivity index (χ2v) is 6.26. The summed E-state index contributed by atoms with van der Waals surface area (Å²) in [6.07, 6.45) is 1.90. The van der Waals surface area contributed by atoms with Crippen LogP contribution in [0.3, 0.4) is 0 Å². The van der Waals surface area contributed by atoms with E-state index in [-0.39, 0.29) is 5.91 Å². The third-order valence-corrected chi connectivity index (χ3v) is 4.46. The van der Waals surface area contributed by atoms with E-state index >= 15 is 0 Å². The molecule has 1 aromatic heterocycles. The van der Waals surface area contributed by atoms with E-state index in [1.165, 1.54) is 0 Å². The molecule has 3 rings (SSSR count). The summed E-state index contributed by atoms with van der Waals surface area (Å²) in [4.78, 5) is 17.5. The maximum absolute atomic E-state index is 12.4. The smallest absolute Gasteiger partial charge is 0.253 e. The third-order valence-electron chi connectivity index (χ3n) is 3.33. The molecule has 2 heterocycles. The van der Waals surface area contributed by atoms with E-state index in [1.807, 2.05) is 47.1 Å². The topological polar surface area (TPSA) is 36.1 Å². The number of hydrogen-bond donors (Lipinski definition) is 1. The van der Waals surface area contributed by atoms with Crippen LogP contribution in [0.1, 0.15) is 17.3 Å². The van der Waals surface area contributed by atoms with Crippen LogP contribution in [0.15, 0.2) is 30.5 Å². The molecule has 0 saturated carbocycles. The van der Waals surface area contributed by atoms with Crippen molar-refractivity contribution in [2.45, 2.75) is 12.2 Å². The van der Waals surface area contributed by atoms with E-state index < -0.39 is 0 Å². The first-order chi connectivity index (χ1) is 8.74. The lowest BCUT2D eigenvalue weighted by Crippen LogP contribution is -2.40. The summed E-state index contributed by atoms with van der Waals surface area (Å²) in [5.74, 6) is 1.20. The SMILES string of the molecule is CC1CN(C(=O)c2ccc3[nH]ccc3c2)CCS1. The number of hydrogen-bond acceptors (Lipinski definition) is 2. The molecule has 0 spiro atoms. The molecule has 2 aromatic rings. The second kappa shape index (κ2) is 4.69. The van der Waals surface area contributed by atoms with Crippen LogP contribution in [0.25, 0.3) is 10.9 Å². The van der Waals surface area contributed by atoms with E-state index in [1.54, 1.807) is 0 Å². The molecule has 18 heavy (non-hydrogen) atoms. The summed E-state index contributed by atoms with van der Waals surface area (Å²) in [7, 11) is 0. The van der Waals surface area contributed by atoms with Crippen molar-refractivity contribution in [2.24, 2.45) is 0 Å². The van der Waals surface area contributed by atoms with Gasteiger partial charge in [-0.3, -0.25) is 4.79 Å². The number of thioether (sulfide) groups is 1. The van der Waals surface area contributed by atoms with Gasteiger partial charge in [0.25, 0.3) is 5.91 Å². The summed E-state index contributed by atoms with van der Waals surface area (Å²) in [5.41, 5.74) is 1.87. The van der Waals surface area contributed by atoms with E-state index in [9.17, 15) is 4.79 Å².